The lowest BCUT2D eigenvalue weighted by atomic mass is 10.6. The Morgan fingerprint density at radius 3 is 2.91 bits per heavy atom. The summed E-state index contributed by atoms with van der Waals surface area (Å²) in [6.45, 7) is 0. The number of nitrogens with one attached hydrogen (secondary N) is 1. The van der Waals surface area contributed by atoms with E-state index in [1.54, 1.807) is 6.07 Å². The van der Waals surface area contributed by atoms with Crippen molar-refractivity contribution in [1.29, 1.82) is 0 Å². The lowest BCUT2D eigenvalue weighted by Crippen LogP contribution is -2.09. The van der Waals surface area contributed by atoms with Crippen LogP contribution in [0, 0.1) is 0 Å². The van der Waals surface area contributed by atoms with Gasteiger partial charge in [0.05, 0.1) is 0 Å². The van der Waals surface area contributed by atoms with Crippen LogP contribution in [0.25, 0.3) is 0 Å². The van der Waals surface area contributed by atoms with Crippen LogP contribution in [-0.2, 0) is 0 Å². The first-order valence-electron chi connectivity index (χ1n) is 2.81. The van der Waals surface area contributed by atoms with Crippen molar-refractivity contribution in [2.75, 3.05) is 11.7 Å². The molecule has 0 aliphatic heterocycles. The Balaban J connectivity index is 3.02. The lowest BCUT2D eigenvalue weighted by molar-refractivity contribution is 0.948. The zero-order chi connectivity index (χ0) is 8.27. The predicted molar refractivity (Wildman–Crippen MR) is 49.3 cm³/mol. The van der Waals surface area contributed by atoms with Gasteiger partial charge in [-0.05, 0) is 22.2 Å². The van der Waals surface area contributed by atoms with E-state index in [1.165, 1.54) is 11.8 Å². The maximum Gasteiger partial charge on any atom is 0.190 e. The zero-order valence-corrected chi connectivity index (χ0v) is 8.24. The first kappa shape index (κ1) is 8.76. The molecule has 6 heteroatoms. The molecule has 1 aromatic rings. The van der Waals surface area contributed by atoms with Gasteiger partial charge < -0.3 is 5.43 Å². The van der Waals surface area contributed by atoms with Crippen LogP contribution in [0.15, 0.2) is 15.8 Å². The first-order valence-corrected chi connectivity index (χ1v) is 4.83. The average molecular weight is 235 g/mol. The predicted octanol–water partition coefficient (Wildman–Crippen LogP) is 1.25. The summed E-state index contributed by atoms with van der Waals surface area (Å²) in [5, 5.41) is 0.687. The molecule has 0 aliphatic rings. The topological polar surface area (TPSA) is 63.8 Å². The minimum absolute atomic E-state index is 0.608. The number of thioether (sulfide) groups is 1. The van der Waals surface area contributed by atoms with Crippen molar-refractivity contribution < 1.29 is 0 Å². The Morgan fingerprint density at radius 2 is 2.36 bits per heavy atom. The second-order valence-corrected chi connectivity index (χ2v) is 3.29. The smallest absolute Gasteiger partial charge is 0.190 e. The lowest BCUT2D eigenvalue weighted by Gasteiger charge is -2.00. The molecule has 3 N–H and O–H groups in total. The molecule has 1 rings (SSSR count). The average Bonchev–Trinajstić information content (AvgIpc) is 2.03. The monoisotopic (exact) mass is 234 g/mol. The summed E-state index contributed by atoms with van der Waals surface area (Å²) in [4.78, 5) is 8.13. The van der Waals surface area contributed by atoms with E-state index in [0.29, 0.717) is 11.0 Å². The molecular formula is C5H7BrN4S. The van der Waals surface area contributed by atoms with Crippen molar-refractivity contribution in [3.63, 3.8) is 0 Å². The molecule has 0 spiro atoms. The number of hydrazine groups is 1. The normalized spacial score (nSPS) is 9.73. The fourth-order valence-corrected chi connectivity index (χ4v) is 1.44. The van der Waals surface area contributed by atoms with Crippen molar-refractivity contribution in [2.24, 2.45) is 5.84 Å². The fourth-order valence-electron chi connectivity index (χ4n) is 0.562. The van der Waals surface area contributed by atoms with E-state index in [1.807, 2.05) is 6.26 Å². The molecular weight excluding hydrogens is 228 g/mol. The summed E-state index contributed by atoms with van der Waals surface area (Å²) in [6, 6.07) is 1.71. The molecule has 0 fully saturated rings. The Bertz CT molecular complexity index is 232. The summed E-state index contributed by atoms with van der Waals surface area (Å²) in [5.41, 5.74) is 2.45. The van der Waals surface area contributed by atoms with Gasteiger partial charge in [0, 0.05) is 6.07 Å². The van der Waals surface area contributed by atoms with Crippen LogP contribution >= 0.6 is 27.7 Å². The van der Waals surface area contributed by atoms with E-state index in [2.05, 4.69) is 31.3 Å². The zero-order valence-electron chi connectivity index (χ0n) is 5.84. The number of rotatable bonds is 2. The molecule has 0 radical (unpaired) electrons. The number of anilines is 1. The molecule has 0 aliphatic carbocycles. The van der Waals surface area contributed by atoms with E-state index in [0.717, 1.165) is 4.60 Å². The maximum absolute atomic E-state index is 5.17. The van der Waals surface area contributed by atoms with Crippen molar-refractivity contribution in [3.8, 4) is 0 Å². The third-order valence-corrected chi connectivity index (χ3v) is 1.96. The summed E-state index contributed by atoms with van der Waals surface area (Å²) in [7, 11) is 0. The number of nitrogen functional groups attached to an aromatic ring is 1. The molecule has 0 unspecified atom stereocenters. The number of nitrogens with two attached hydrogens (primary N) is 1. The molecule has 0 atom stereocenters. The van der Waals surface area contributed by atoms with Crippen molar-refractivity contribution in [1.82, 2.24) is 9.97 Å². The Labute approximate surface area is 77.1 Å². The minimum Gasteiger partial charge on any atom is -0.308 e. The molecule has 60 valence electrons. The van der Waals surface area contributed by atoms with Crippen LogP contribution in [0.1, 0.15) is 0 Å². The van der Waals surface area contributed by atoms with Gasteiger partial charge in [0.1, 0.15) is 10.4 Å². The van der Waals surface area contributed by atoms with Crippen LogP contribution in [0.2, 0.25) is 0 Å². The molecule has 0 saturated heterocycles. The van der Waals surface area contributed by atoms with E-state index < -0.39 is 0 Å². The Kier molecular flexibility index (Phi) is 3.10. The van der Waals surface area contributed by atoms with Gasteiger partial charge in [0.2, 0.25) is 0 Å². The van der Waals surface area contributed by atoms with Gasteiger partial charge in [-0.2, -0.15) is 0 Å². The van der Waals surface area contributed by atoms with E-state index in [4.69, 9.17) is 5.84 Å². The Hall–Kier alpha value is -0.330. The van der Waals surface area contributed by atoms with Gasteiger partial charge in [-0.25, -0.2) is 15.8 Å². The maximum atomic E-state index is 5.17. The van der Waals surface area contributed by atoms with Crippen LogP contribution in [0.3, 0.4) is 0 Å². The highest BCUT2D eigenvalue weighted by Gasteiger charge is 1.99. The van der Waals surface area contributed by atoms with E-state index in [9.17, 15) is 0 Å². The highest BCUT2D eigenvalue weighted by molar-refractivity contribution is 9.10. The fraction of sp³-hybridized carbons (Fsp3) is 0.200. The summed E-state index contributed by atoms with van der Waals surface area (Å²) in [5.74, 6) is 5.78. The van der Waals surface area contributed by atoms with Gasteiger partial charge in [-0.3, -0.25) is 0 Å². The summed E-state index contributed by atoms with van der Waals surface area (Å²) in [6.07, 6.45) is 1.90. The standard InChI is InChI=1S/C5H7BrN4S/c1-11-5-8-3(6)2-4(9-5)10-7/h2H,7H2,1H3,(H,8,9,10). The van der Waals surface area contributed by atoms with E-state index in [-0.39, 0.29) is 0 Å². The van der Waals surface area contributed by atoms with Gasteiger partial charge in [0.25, 0.3) is 0 Å². The van der Waals surface area contributed by atoms with Gasteiger partial charge in [-0.15, -0.1) is 0 Å². The molecule has 1 heterocycles. The summed E-state index contributed by atoms with van der Waals surface area (Å²) >= 11 is 4.70. The second-order valence-electron chi connectivity index (χ2n) is 1.71. The van der Waals surface area contributed by atoms with Crippen LogP contribution in [0.4, 0.5) is 5.82 Å². The van der Waals surface area contributed by atoms with Crippen LogP contribution < -0.4 is 11.3 Å². The first-order chi connectivity index (χ1) is 5.26. The number of hydrogen-bond donors (Lipinski definition) is 2. The number of halogens is 1. The molecule has 11 heavy (non-hydrogen) atoms. The quantitative estimate of drug-likeness (QED) is 0.265. The third-order valence-electron chi connectivity index (χ3n) is 1.00. The van der Waals surface area contributed by atoms with E-state index >= 15 is 0 Å². The molecule has 0 bridgehead atoms. The summed E-state index contributed by atoms with van der Waals surface area (Å²) < 4.78 is 0.727. The van der Waals surface area contributed by atoms with Gasteiger partial charge in [0.15, 0.2) is 5.16 Å². The number of nitrogens with zero attached hydrogens (tertiary/aromatic N) is 2. The third kappa shape index (κ3) is 2.32. The molecule has 4 nitrogen and oxygen atoms in total. The number of hydrogen-bond acceptors (Lipinski definition) is 5. The van der Waals surface area contributed by atoms with Crippen molar-refractivity contribution >= 4 is 33.5 Å². The van der Waals surface area contributed by atoms with Gasteiger partial charge >= 0.3 is 0 Å². The highest BCUT2D eigenvalue weighted by atomic mass is 79.9. The SMILES string of the molecule is CSc1nc(Br)cc(NN)n1. The highest BCUT2D eigenvalue weighted by Crippen LogP contribution is 2.16. The number of aromatic nitrogens is 2. The Morgan fingerprint density at radius 1 is 1.64 bits per heavy atom. The van der Waals surface area contributed by atoms with Crippen molar-refractivity contribution in [2.45, 2.75) is 5.16 Å². The van der Waals surface area contributed by atoms with Crippen molar-refractivity contribution in [3.05, 3.63) is 10.7 Å². The second kappa shape index (κ2) is 3.89. The van der Waals surface area contributed by atoms with Crippen LogP contribution in [0.5, 0.6) is 0 Å². The van der Waals surface area contributed by atoms with Crippen LogP contribution in [-0.4, -0.2) is 16.2 Å². The largest absolute Gasteiger partial charge is 0.308 e. The van der Waals surface area contributed by atoms with Gasteiger partial charge in [-0.1, -0.05) is 11.8 Å². The molecule has 1 aromatic heterocycles. The molecule has 0 amide bonds. The minimum atomic E-state index is 0.608. The molecule has 0 saturated carbocycles. The molecule has 0 aromatic carbocycles.